The monoisotopic (exact) mass is 246 g/mol. The number of hydrogen-bond acceptors (Lipinski definition) is 2. The molecule has 10 heteroatoms. The Balaban J connectivity index is 3.12. The quantitative estimate of drug-likeness (QED) is 0.611. The molecule has 0 aliphatic carbocycles. The molecular weight excluding hydrogens is 244 g/mol. The van der Waals surface area contributed by atoms with Crippen LogP contribution in [0.25, 0.3) is 0 Å². The van der Waals surface area contributed by atoms with E-state index >= 15 is 0 Å². The SMILES string of the molecule is F[C@H]1OC(C(F)(F)F)(C(F)(F)F)O[C@@H]1F. The van der Waals surface area contributed by atoms with Gasteiger partial charge in [0.2, 0.25) is 0 Å². The van der Waals surface area contributed by atoms with Crippen LogP contribution in [-0.2, 0) is 9.47 Å². The molecule has 0 N–H and O–H groups in total. The summed E-state index contributed by atoms with van der Waals surface area (Å²) < 4.78 is 102. The van der Waals surface area contributed by atoms with Gasteiger partial charge in [-0.25, -0.2) is 8.78 Å². The zero-order chi connectivity index (χ0) is 12.1. The van der Waals surface area contributed by atoms with Crippen molar-refractivity contribution in [2.75, 3.05) is 0 Å². The van der Waals surface area contributed by atoms with E-state index in [2.05, 4.69) is 9.47 Å². The van der Waals surface area contributed by atoms with Crippen LogP contribution in [0.1, 0.15) is 0 Å². The highest BCUT2D eigenvalue weighted by Gasteiger charge is 2.79. The summed E-state index contributed by atoms with van der Waals surface area (Å²) >= 11 is 0. The standard InChI is InChI=1S/C5H2F8O2/c6-1-2(7)15-3(14-1,4(8,9)10)5(11,12)13/h1-2H/t1-,2-/m0/s1. The van der Waals surface area contributed by atoms with Crippen molar-refractivity contribution in [2.24, 2.45) is 0 Å². The number of halogens is 8. The normalized spacial score (nSPS) is 32.0. The van der Waals surface area contributed by atoms with Gasteiger partial charge in [-0.3, -0.25) is 9.47 Å². The fraction of sp³-hybridized carbons (Fsp3) is 1.00. The molecule has 2 nitrogen and oxygen atoms in total. The van der Waals surface area contributed by atoms with Gasteiger partial charge in [-0.2, -0.15) is 26.3 Å². The second-order valence-corrected chi connectivity index (χ2v) is 2.55. The van der Waals surface area contributed by atoms with Gasteiger partial charge in [0.1, 0.15) is 0 Å². The maximum absolute atomic E-state index is 12.2. The zero-order valence-corrected chi connectivity index (χ0v) is 6.49. The van der Waals surface area contributed by atoms with E-state index in [1.165, 1.54) is 0 Å². The first kappa shape index (κ1) is 12.4. The van der Waals surface area contributed by atoms with Crippen LogP contribution in [0.2, 0.25) is 0 Å². The van der Waals surface area contributed by atoms with Gasteiger partial charge in [0.05, 0.1) is 0 Å². The molecule has 0 spiro atoms. The summed E-state index contributed by atoms with van der Waals surface area (Å²) in [6.07, 6.45) is -19.1. The van der Waals surface area contributed by atoms with Crippen molar-refractivity contribution >= 4 is 0 Å². The molecule has 0 aromatic heterocycles. The molecule has 0 radical (unpaired) electrons. The van der Waals surface area contributed by atoms with Crippen LogP contribution in [0, 0.1) is 0 Å². The smallest absolute Gasteiger partial charge is 0.295 e. The number of ether oxygens (including phenoxy) is 2. The van der Waals surface area contributed by atoms with Gasteiger partial charge in [0, 0.05) is 0 Å². The molecule has 1 rings (SSSR count). The van der Waals surface area contributed by atoms with E-state index in [4.69, 9.17) is 0 Å². The Bertz CT molecular complexity index is 218. The van der Waals surface area contributed by atoms with E-state index in [-0.39, 0.29) is 0 Å². The average Bonchev–Trinajstić information content (AvgIpc) is 2.26. The molecule has 90 valence electrons. The Labute approximate surface area is 76.7 Å². The lowest BCUT2D eigenvalue weighted by molar-refractivity contribution is -0.450. The molecule has 0 saturated carbocycles. The van der Waals surface area contributed by atoms with Crippen LogP contribution in [0.3, 0.4) is 0 Å². The average molecular weight is 246 g/mol. The summed E-state index contributed by atoms with van der Waals surface area (Å²) in [6.45, 7) is 0. The fourth-order valence-corrected chi connectivity index (χ4v) is 0.880. The van der Waals surface area contributed by atoms with Crippen molar-refractivity contribution in [3.63, 3.8) is 0 Å². The van der Waals surface area contributed by atoms with E-state index < -0.39 is 30.9 Å². The van der Waals surface area contributed by atoms with Crippen molar-refractivity contribution < 1.29 is 44.6 Å². The first-order chi connectivity index (χ1) is 6.51. The molecular formula is C5H2F8O2. The van der Waals surface area contributed by atoms with Gasteiger partial charge >= 0.3 is 18.1 Å². The molecule has 2 atom stereocenters. The Hall–Kier alpha value is -0.640. The van der Waals surface area contributed by atoms with Gasteiger partial charge in [0.25, 0.3) is 12.7 Å². The fourth-order valence-electron chi connectivity index (χ4n) is 0.880. The lowest BCUT2D eigenvalue weighted by atomic mass is 10.2. The third-order valence-electron chi connectivity index (χ3n) is 1.51. The number of hydrogen-bond donors (Lipinski definition) is 0. The minimum absolute atomic E-state index is 2.88. The van der Waals surface area contributed by atoms with Crippen LogP contribution in [-0.4, -0.2) is 30.9 Å². The highest BCUT2D eigenvalue weighted by atomic mass is 19.4. The maximum Gasteiger partial charge on any atom is 0.453 e. The Morgan fingerprint density at radius 2 is 1.00 bits per heavy atom. The number of rotatable bonds is 0. The number of alkyl halides is 8. The Morgan fingerprint density at radius 3 is 1.13 bits per heavy atom. The van der Waals surface area contributed by atoms with Gasteiger partial charge in [-0.1, -0.05) is 0 Å². The van der Waals surface area contributed by atoms with Gasteiger partial charge in [-0.05, 0) is 0 Å². The summed E-state index contributed by atoms with van der Waals surface area (Å²) in [4.78, 5) is 0. The summed E-state index contributed by atoms with van der Waals surface area (Å²) in [7, 11) is 0. The molecule has 1 saturated heterocycles. The largest absolute Gasteiger partial charge is 0.453 e. The summed E-state index contributed by atoms with van der Waals surface area (Å²) in [5.41, 5.74) is 0. The van der Waals surface area contributed by atoms with Crippen LogP contribution in [0.5, 0.6) is 0 Å². The van der Waals surface area contributed by atoms with E-state index in [0.717, 1.165) is 0 Å². The molecule has 1 heterocycles. The third kappa shape index (κ3) is 1.75. The topological polar surface area (TPSA) is 18.5 Å². The Kier molecular flexibility index (Phi) is 2.63. The van der Waals surface area contributed by atoms with Gasteiger partial charge in [0.15, 0.2) is 0 Å². The molecule has 1 fully saturated rings. The van der Waals surface area contributed by atoms with E-state index in [9.17, 15) is 35.1 Å². The molecule has 1 aliphatic heterocycles. The van der Waals surface area contributed by atoms with Crippen LogP contribution in [0.15, 0.2) is 0 Å². The highest BCUT2D eigenvalue weighted by Crippen LogP contribution is 2.51. The van der Waals surface area contributed by atoms with Crippen molar-refractivity contribution in [1.82, 2.24) is 0 Å². The van der Waals surface area contributed by atoms with Gasteiger partial charge in [-0.15, -0.1) is 0 Å². The molecule has 0 unspecified atom stereocenters. The minimum atomic E-state index is -6.13. The highest BCUT2D eigenvalue weighted by molar-refractivity contribution is 4.91. The third-order valence-corrected chi connectivity index (χ3v) is 1.51. The first-order valence-electron chi connectivity index (χ1n) is 3.28. The van der Waals surface area contributed by atoms with Crippen LogP contribution >= 0.6 is 0 Å². The van der Waals surface area contributed by atoms with Gasteiger partial charge < -0.3 is 0 Å². The van der Waals surface area contributed by atoms with Crippen molar-refractivity contribution in [3.8, 4) is 0 Å². The molecule has 0 aromatic carbocycles. The van der Waals surface area contributed by atoms with Crippen molar-refractivity contribution in [1.29, 1.82) is 0 Å². The molecule has 0 bridgehead atoms. The predicted octanol–water partition coefficient (Wildman–Crippen LogP) is 2.45. The lowest BCUT2D eigenvalue weighted by Crippen LogP contribution is -2.58. The van der Waals surface area contributed by atoms with Crippen LogP contribution in [0.4, 0.5) is 35.1 Å². The predicted molar refractivity (Wildman–Crippen MR) is 26.8 cm³/mol. The maximum atomic E-state index is 12.2. The summed E-state index contributed by atoms with van der Waals surface area (Å²) in [5.74, 6) is -5.24. The molecule has 0 amide bonds. The summed E-state index contributed by atoms with van der Waals surface area (Å²) in [5, 5.41) is 0. The molecule has 15 heavy (non-hydrogen) atoms. The van der Waals surface area contributed by atoms with E-state index in [0.29, 0.717) is 0 Å². The van der Waals surface area contributed by atoms with E-state index in [1.54, 1.807) is 0 Å². The van der Waals surface area contributed by atoms with Crippen molar-refractivity contribution in [3.05, 3.63) is 0 Å². The first-order valence-corrected chi connectivity index (χ1v) is 3.28. The minimum Gasteiger partial charge on any atom is -0.295 e. The molecule has 0 aromatic rings. The van der Waals surface area contributed by atoms with E-state index in [1.807, 2.05) is 0 Å². The second kappa shape index (κ2) is 3.17. The zero-order valence-electron chi connectivity index (χ0n) is 6.49. The van der Waals surface area contributed by atoms with Crippen LogP contribution < -0.4 is 0 Å². The molecule has 1 aliphatic rings. The van der Waals surface area contributed by atoms with Crippen molar-refractivity contribution in [2.45, 2.75) is 30.9 Å². The summed E-state index contributed by atoms with van der Waals surface area (Å²) in [6, 6.07) is 0. The Morgan fingerprint density at radius 1 is 0.733 bits per heavy atom. The second-order valence-electron chi connectivity index (χ2n) is 2.55. The lowest BCUT2D eigenvalue weighted by Gasteiger charge is -2.30.